The van der Waals surface area contributed by atoms with E-state index < -0.39 is 0 Å². The van der Waals surface area contributed by atoms with Crippen LogP contribution in [-0.2, 0) is 4.74 Å². The van der Waals surface area contributed by atoms with E-state index in [4.69, 9.17) is 16.3 Å². The first-order valence-electron chi connectivity index (χ1n) is 3.88. The molecule has 0 N–H and O–H groups in total. The number of halogens is 1. The summed E-state index contributed by atoms with van der Waals surface area (Å²) in [5.74, 6) is 0.819. The number of rotatable bonds is 0. The third-order valence-electron chi connectivity index (χ3n) is 2.06. The summed E-state index contributed by atoms with van der Waals surface area (Å²) in [6.45, 7) is 2.07. The molecule has 1 aliphatic heterocycles. The SMILES string of the molecule is CC1=C2CC=CC(Cl)=C2OC=C1. The fourth-order valence-corrected chi connectivity index (χ4v) is 1.61. The van der Waals surface area contributed by atoms with Crippen LogP contribution < -0.4 is 0 Å². The van der Waals surface area contributed by atoms with Gasteiger partial charge in [0.15, 0.2) is 0 Å². The molecule has 0 aromatic rings. The average Bonchev–Trinajstić information content (AvgIpc) is 2.07. The second-order valence-corrected chi connectivity index (χ2v) is 3.27. The molecule has 2 heteroatoms. The van der Waals surface area contributed by atoms with Crippen LogP contribution in [0, 0.1) is 0 Å². The van der Waals surface area contributed by atoms with Crippen LogP contribution in [0.15, 0.2) is 46.4 Å². The third-order valence-corrected chi connectivity index (χ3v) is 2.35. The first kappa shape index (κ1) is 7.69. The van der Waals surface area contributed by atoms with Crippen molar-refractivity contribution in [1.82, 2.24) is 0 Å². The predicted octanol–water partition coefficient (Wildman–Crippen LogP) is 3.26. The Bertz CT molecular complexity index is 298. The van der Waals surface area contributed by atoms with Gasteiger partial charge in [-0.2, -0.15) is 0 Å². The minimum atomic E-state index is 0.694. The van der Waals surface area contributed by atoms with E-state index in [2.05, 4.69) is 6.92 Å². The van der Waals surface area contributed by atoms with Gasteiger partial charge in [-0.3, -0.25) is 0 Å². The van der Waals surface area contributed by atoms with Gasteiger partial charge in [-0.15, -0.1) is 0 Å². The van der Waals surface area contributed by atoms with Crippen molar-refractivity contribution >= 4 is 11.6 Å². The normalized spacial score (nSPS) is 21.2. The molecular weight excluding hydrogens is 172 g/mol. The third kappa shape index (κ3) is 1.10. The summed E-state index contributed by atoms with van der Waals surface area (Å²) < 4.78 is 5.32. The van der Waals surface area contributed by atoms with Crippen molar-refractivity contribution in [2.45, 2.75) is 13.3 Å². The molecule has 0 fully saturated rings. The lowest BCUT2D eigenvalue weighted by molar-refractivity contribution is 0.350. The van der Waals surface area contributed by atoms with Crippen LogP contribution in [0.4, 0.5) is 0 Å². The van der Waals surface area contributed by atoms with Gasteiger partial charge in [0.05, 0.1) is 11.3 Å². The second kappa shape index (κ2) is 2.83. The lowest BCUT2D eigenvalue weighted by Gasteiger charge is -2.19. The molecule has 62 valence electrons. The van der Waals surface area contributed by atoms with Crippen LogP contribution in [-0.4, -0.2) is 0 Å². The van der Waals surface area contributed by atoms with Gasteiger partial charge >= 0.3 is 0 Å². The fraction of sp³-hybridized carbons (Fsp3) is 0.200. The van der Waals surface area contributed by atoms with Crippen molar-refractivity contribution in [3.63, 3.8) is 0 Å². The van der Waals surface area contributed by atoms with Crippen molar-refractivity contribution < 1.29 is 4.74 Å². The number of allylic oxidation sites excluding steroid dienone is 6. The zero-order valence-corrected chi connectivity index (χ0v) is 7.56. The van der Waals surface area contributed by atoms with E-state index in [1.165, 1.54) is 11.1 Å². The van der Waals surface area contributed by atoms with E-state index in [0.29, 0.717) is 5.03 Å². The van der Waals surface area contributed by atoms with E-state index in [1.807, 2.05) is 18.2 Å². The molecule has 1 aliphatic carbocycles. The summed E-state index contributed by atoms with van der Waals surface area (Å²) in [6.07, 6.45) is 8.49. The van der Waals surface area contributed by atoms with E-state index in [1.54, 1.807) is 6.26 Å². The highest BCUT2D eigenvalue weighted by molar-refractivity contribution is 6.31. The van der Waals surface area contributed by atoms with Crippen molar-refractivity contribution in [2.75, 3.05) is 0 Å². The zero-order valence-electron chi connectivity index (χ0n) is 6.80. The molecule has 0 saturated heterocycles. The van der Waals surface area contributed by atoms with Crippen LogP contribution in [0.25, 0.3) is 0 Å². The van der Waals surface area contributed by atoms with Gasteiger partial charge in [0, 0.05) is 5.57 Å². The van der Waals surface area contributed by atoms with Gasteiger partial charge in [-0.05, 0) is 31.1 Å². The maximum atomic E-state index is 5.96. The molecule has 0 amide bonds. The molecular formula is C10H9ClO. The minimum absolute atomic E-state index is 0.694. The van der Waals surface area contributed by atoms with Crippen LogP contribution in [0.3, 0.4) is 0 Å². The van der Waals surface area contributed by atoms with Gasteiger partial charge in [0.2, 0.25) is 0 Å². The monoisotopic (exact) mass is 180 g/mol. The summed E-state index contributed by atoms with van der Waals surface area (Å²) in [5, 5.41) is 0.694. The minimum Gasteiger partial charge on any atom is -0.463 e. The summed E-state index contributed by atoms with van der Waals surface area (Å²) in [7, 11) is 0. The maximum Gasteiger partial charge on any atom is 0.148 e. The second-order valence-electron chi connectivity index (χ2n) is 2.87. The van der Waals surface area contributed by atoms with E-state index in [0.717, 1.165) is 12.2 Å². The van der Waals surface area contributed by atoms with Crippen molar-refractivity contribution in [1.29, 1.82) is 0 Å². The lowest BCUT2D eigenvalue weighted by atomic mass is 9.99. The highest BCUT2D eigenvalue weighted by Gasteiger charge is 2.17. The van der Waals surface area contributed by atoms with Gasteiger partial charge in [0.1, 0.15) is 5.76 Å². The summed E-state index contributed by atoms with van der Waals surface area (Å²) in [5.41, 5.74) is 2.43. The number of hydrogen-bond acceptors (Lipinski definition) is 1. The van der Waals surface area contributed by atoms with Crippen LogP contribution in [0.1, 0.15) is 13.3 Å². The molecule has 0 aromatic carbocycles. The maximum absolute atomic E-state index is 5.96. The molecule has 0 bridgehead atoms. The Kier molecular flexibility index (Phi) is 1.81. The highest BCUT2D eigenvalue weighted by Crippen LogP contribution is 2.33. The topological polar surface area (TPSA) is 9.23 Å². The molecule has 0 saturated carbocycles. The Morgan fingerprint density at radius 1 is 1.42 bits per heavy atom. The zero-order chi connectivity index (χ0) is 8.55. The molecule has 0 atom stereocenters. The Morgan fingerprint density at radius 3 is 3.00 bits per heavy atom. The van der Waals surface area contributed by atoms with Gasteiger partial charge < -0.3 is 4.74 Å². The summed E-state index contributed by atoms with van der Waals surface area (Å²) in [4.78, 5) is 0. The number of fused-ring (bicyclic) bond motifs is 1. The quantitative estimate of drug-likeness (QED) is 0.556. The molecule has 0 radical (unpaired) electrons. The Labute approximate surface area is 76.7 Å². The van der Waals surface area contributed by atoms with E-state index in [9.17, 15) is 0 Å². The summed E-state index contributed by atoms with van der Waals surface area (Å²) >= 11 is 5.96. The molecule has 2 aliphatic rings. The molecule has 1 heterocycles. The molecule has 1 nitrogen and oxygen atoms in total. The van der Waals surface area contributed by atoms with Crippen molar-refractivity contribution in [3.05, 3.63) is 46.4 Å². The Hall–Kier alpha value is -0.950. The van der Waals surface area contributed by atoms with Gasteiger partial charge in [-0.1, -0.05) is 17.7 Å². The van der Waals surface area contributed by atoms with E-state index in [-0.39, 0.29) is 0 Å². The van der Waals surface area contributed by atoms with Crippen LogP contribution in [0.5, 0.6) is 0 Å². The predicted molar refractivity (Wildman–Crippen MR) is 49.6 cm³/mol. The average molecular weight is 181 g/mol. The molecule has 12 heavy (non-hydrogen) atoms. The summed E-state index contributed by atoms with van der Waals surface area (Å²) in [6, 6.07) is 0. The van der Waals surface area contributed by atoms with Gasteiger partial charge in [0.25, 0.3) is 0 Å². The van der Waals surface area contributed by atoms with Crippen LogP contribution in [0.2, 0.25) is 0 Å². The largest absolute Gasteiger partial charge is 0.463 e. The van der Waals surface area contributed by atoms with Gasteiger partial charge in [-0.25, -0.2) is 0 Å². The molecule has 2 rings (SSSR count). The van der Waals surface area contributed by atoms with E-state index >= 15 is 0 Å². The first-order valence-corrected chi connectivity index (χ1v) is 4.26. The first-order chi connectivity index (χ1) is 5.79. The van der Waals surface area contributed by atoms with Crippen molar-refractivity contribution in [3.8, 4) is 0 Å². The molecule has 0 aromatic heterocycles. The fourth-order valence-electron chi connectivity index (χ4n) is 1.36. The van der Waals surface area contributed by atoms with Crippen molar-refractivity contribution in [2.24, 2.45) is 0 Å². The number of ether oxygens (including phenoxy) is 1. The Morgan fingerprint density at radius 2 is 2.25 bits per heavy atom. The Balaban J connectivity index is 2.53. The van der Waals surface area contributed by atoms with Crippen LogP contribution >= 0.6 is 11.6 Å². The highest BCUT2D eigenvalue weighted by atomic mass is 35.5. The lowest BCUT2D eigenvalue weighted by Crippen LogP contribution is -2.03. The standard InChI is InChI=1S/C10H9ClO/c1-7-5-6-12-10-8(7)3-2-4-9(10)11/h2,4-6H,3H2,1H3. The molecule has 0 spiro atoms. The molecule has 0 unspecified atom stereocenters. The number of hydrogen-bond donors (Lipinski definition) is 0. The smallest absolute Gasteiger partial charge is 0.148 e.